The fraction of sp³-hybridized carbons (Fsp3) is 0.412. The lowest BCUT2D eigenvalue weighted by molar-refractivity contribution is -0.0492. The summed E-state index contributed by atoms with van der Waals surface area (Å²) in [6.45, 7) is 6.70. The number of fused-ring (bicyclic) bond motifs is 2. The van der Waals surface area contributed by atoms with E-state index in [1.807, 2.05) is 11.0 Å². The van der Waals surface area contributed by atoms with Gasteiger partial charge in [0.05, 0.1) is 34.6 Å². The number of aromatic nitrogens is 6. The summed E-state index contributed by atoms with van der Waals surface area (Å²) in [6, 6.07) is 8.70. The zero-order valence-corrected chi connectivity index (χ0v) is 26.9. The normalized spacial score (nSPS) is 17.7. The van der Waals surface area contributed by atoms with Crippen LogP contribution in [-0.4, -0.2) is 70.9 Å². The van der Waals surface area contributed by atoms with Gasteiger partial charge in [-0.3, -0.25) is 4.40 Å². The molecule has 0 bridgehead atoms. The van der Waals surface area contributed by atoms with E-state index in [0.29, 0.717) is 59.7 Å². The van der Waals surface area contributed by atoms with Crippen LogP contribution in [0.4, 0.5) is 19.4 Å². The third kappa shape index (κ3) is 5.90. The highest BCUT2D eigenvalue weighted by Gasteiger charge is 2.36. The number of halogens is 2. The van der Waals surface area contributed by atoms with E-state index in [4.69, 9.17) is 9.72 Å². The molecule has 2 fully saturated rings. The van der Waals surface area contributed by atoms with Gasteiger partial charge >= 0.3 is 6.09 Å². The highest BCUT2D eigenvalue weighted by atomic mass is 19.1. The van der Waals surface area contributed by atoms with E-state index in [1.165, 1.54) is 22.9 Å². The Morgan fingerprint density at radius 3 is 2.71 bits per heavy atom. The molecule has 0 unspecified atom stereocenters. The first-order chi connectivity index (χ1) is 22.9. The van der Waals surface area contributed by atoms with Crippen LogP contribution in [0.5, 0.6) is 0 Å². The number of amides is 1. The lowest BCUT2D eigenvalue weighted by Crippen LogP contribution is -2.49. The molecule has 1 saturated heterocycles. The molecular weight excluding hydrogens is 620 g/mol. The summed E-state index contributed by atoms with van der Waals surface area (Å²) >= 11 is 0. The van der Waals surface area contributed by atoms with Gasteiger partial charge in [0.2, 0.25) is 0 Å². The summed E-state index contributed by atoms with van der Waals surface area (Å²) < 4.78 is 39.9. The molecule has 3 aromatic heterocycles. The fourth-order valence-electron chi connectivity index (χ4n) is 6.47. The Bertz CT molecular complexity index is 2090. The molecular formula is C34H35F2N9O3. The zero-order valence-electron chi connectivity index (χ0n) is 26.9. The molecule has 5 aromatic rings. The van der Waals surface area contributed by atoms with Crippen molar-refractivity contribution in [3.8, 4) is 28.6 Å². The van der Waals surface area contributed by atoms with Crippen LogP contribution in [0.1, 0.15) is 58.4 Å². The van der Waals surface area contributed by atoms with Gasteiger partial charge in [-0.15, -0.1) is 5.10 Å². The summed E-state index contributed by atoms with van der Waals surface area (Å²) in [6.07, 6.45) is 6.48. The molecule has 7 rings (SSSR count). The number of aliphatic hydroxyl groups is 1. The number of hydrogen-bond acceptors (Lipinski definition) is 9. The van der Waals surface area contributed by atoms with Gasteiger partial charge in [-0.25, -0.2) is 28.2 Å². The molecule has 14 heteroatoms. The van der Waals surface area contributed by atoms with Gasteiger partial charge in [0.25, 0.3) is 0 Å². The van der Waals surface area contributed by atoms with E-state index in [2.05, 4.69) is 20.6 Å². The van der Waals surface area contributed by atoms with Crippen molar-refractivity contribution in [2.45, 2.75) is 76.7 Å². The Hall–Kier alpha value is -5.16. The standard InChI is InChI=1S/C34H35F2N9O3/c1-33(2,3)48-32(46)39-22-6-4-12-43(18-22)30-31-40-28(20-7-8-21(17-37)24(35)14-20)29(44(31)13-11-38-30)23-15-26-27(16-25(23)36)45(42-41-26)19-34(47)9-5-10-34/h7-8,11,13-16,22,47H,4-6,9-10,12,18-19H2,1-3H3,(H,39,46)/t22-/m1/s1. The summed E-state index contributed by atoms with van der Waals surface area (Å²) in [5.74, 6) is -0.797. The van der Waals surface area contributed by atoms with Crippen molar-refractivity contribution in [3.05, 3.63) is 59.9 Å². The highest BCUT2D eigenvalue weighted by molar-refractivity contribution is 5.89. The Kier molecular flexibility index (Phi) is 7.74. The lowest BCUT2D eigenvalue weighted by Gasteiger charge is -2.36. The zero-order chi connectivity index (χ0) is 33.8. The number of carbonyl (C=O) groups excluding carboxylic acids is 1. The Balaban J connectivity index is 1.33. The molecule has 2 aromatic carbocycles. The average molecular weight is 656 g/mol. The molecule has 48 heavy (non-hydrogen) atoms. The minimum atomic E-state index is -0.885. The summed E-state index contributed by atoms with van der Waals surface area (Å²) in [5.41, 5.74) is 0.734. The van der Waals surface area contributed by atoms with Gasteiger partial charge in [-0.1, -0.05) is 11.3 Å². The molecule has 0 radical (unpaired) electrons. The van der Waals surface area contributed by atoms with E-state index in [1.54, 1.807) is 49.7 Å². The van der Waals surface area contributed by atoms with Crippen LogP contribution < -0.4 is 10.2 Å². The maximum Gasteiger partial charge on any atom is 0.407 e. The molecule has 0 spiro atoms. The predicted octanol–water partition coefficient (Wildman–Crippen LogP) is 5.37. The second kappa shape index (κ2) is 11.8. The van der Waals surface area contributed by atoms with Crippen molar-refractivity contribution in [2.24, 2.45) is 0 Å². The highest BCUT2D eigenvalue weighted by Crippen LogP contribution is 2.39. The molecule has 1 aliphatic heterocycles. The molecule has 12 nitrogen and oxygen atoms in total. The van der Waals surface area contributed by atoms with Gasteiger partial charge in [-0.05, 0) is 71.1 Å². The number of piperidine rings is 1. The molecule has 2 N–H and O–H groups in total. The van der Waals surface area contributed by atoms with Crippen molar-refractivity contribution in [1.29, 1.82) is 5.26 Å². The lowest BCUT2D eigenvalue weighted by atomic mass is 9.80. The Labute approximate surface area is 275 Å². The van der Waals surface area contributed by atoms with Crippen molar-refractivity contribution in [2.75, 3.05) is 18.0 Å². The van der Waals surface area contributed by atoms with E-state index in [-0.39, 0.29) is 29.4 Å². The first-order valence-electron chi connectivity index (χ1n) is 16.0. The number of rotatable bonds is 6. The van der Waals surface area contributed by atoms with E-state index >= 15 is 4.39 Å². The topological polar surface area (TPSA) is 146 Å². The third-order valence-corrected chi connectivity index (χ3v) is 8.91. The molecule has 1 saturated carbocycles. The minimum absolute atomic E-state index is 0.124. The van der Waals surface area contributed by atoms with Gasteiger partial charge in [0.1, 0.15) is 28.8 Å². The molecule has 4 heterocycles. The number of nitrogens with one attached hydrogen (secondary N) is 1. The van der Waals surface area contributed by atoms with Crippen LogP contribution >= 0.6 is 0 Å². The van der Waals surface area contributed by atoms with Crippen LogP contribution in [-0.2, 0) is 11.3 Å². The van der Waals surface area contributed by atoms with E-state index in [0.717, 1.165) is 19.3 Å². The van der Waals surface area contributed by atoms with Crippen molar-refractivity contribution in [3.63, 3.8) is 0 Å². The number of ether oxygens (including phenoxy) is 1. The van der Waals surface area contributed by atoms with Crippen molar-refractivity contribution in [1.82, 2.24) is 34.7 Å². The van der Waals surface area contributed by atoms with Crippen molar-refractivity contribution < 1.29 is 23.4 Å². The molecule has 2 aliphatic rings. The number of nitriles is 1. The van der Waals surface area contributed by atoms with Crippen LogP contribution in [0.15, 0.2) is 42.7 Å². The Morgan fingerprint density at radius 1 is 1.19 bits per heavy atom. The summed E-state index contributed by atoms with van der Waals surface area (Å²) in [7, 11) is 0. The van der Waals surface area contributed by atoms with Crippen molar-refractivity contribution >= 4 is 28.6 Å². The summed E-state index contributed by atoms with van der Waals surface area (Å²) in [4.78, 5) is 24.1. The third-order valence-electron chi connectivity index (χ3n) is 8.91. The molecule has 1 aliphatic carbocycles. The number of alkyl carbamates (subject to hydrolysis) is 1. The number of hydrogen-bond donors (Lipinski definition) is 2. The first kappa shape index (κ1) is 31.4. The quantitative estimate of drug-likeness (QED) is 0.247. The van der Waals surface area contributed by atoms with Gasteiger partial charge in [0, 0.05) is 48.7 Å². The van der Waals surface area contributed by atoms with Crippen LogP contribution in [0.3, 0.4) is 0 Å². The molecule has 1 atom stereocenters. The number of imidazole rings is 1. The largest absolute Gasteiger partial charge is 0.444 e. The van der Waals surface area contributed by atoms with Gasteiger partial charge in [0.15, 0.2) is 11.5 Å². The average Bonchev–Trinajstić information content (AvgIpc) is 3.59. The maximum atomic E-state index is 16.3. The van der Waals surface area contributed by atoms with Crippen LogP contribution in [0, 0.1) is 23.0 Å². The number of nitrogens with zero attached hydrogens (tertiary/aromatic N) is 8. The fourth-order valence-corrected chi connectivity index (χ4v) is 6.47. The molecule has 248 valence electrons. The summed E-state index contributed by atoms with van der Waals surface area (Å²) in [5, 5.41) is 31.5. The number of carbonyl (C=O) groups is 1. The SMILES string of the molecule is CC(C)(C)OC(=O)N[C@@H]1CCCN(c2nccn3c(-c4cc5nnn(CC6(O)CCC6)c5cc4F)c(-c4ccc(C#N)c(F)c4)nc23)C1. The van der Waals surface area contributed by atoms with E-state index in [9.17, 15) is 19.6 Å². The number of benzene rings is 2. The van der Waals surface area contributed by atoms with Crippen LogP contribution in [0.2, 0.25) is 0 Å². The monoisotopic (exact) mass is 655 g/mol. The Morgan fingerprint density at radius 2 is 2.00 bits per heavy atom. The maximum absolute atomic E-state index is 16.3. The van der Waals surface area contributed by atoms with E-state index < -0.39 is 28.9 Å². The smallest absolute Gasteiger partial charge is 0.407 e. The van der Waals surface area contributed by atoms with Gasteiger partial charge in [-0.2, -0.15) is 5.26 Å². The number of anilines is 1. The first-order valence-corrected chi connectivity index (χ1v) is 16.0. The van der Waals surface area contributed by atoms with Crippen LogP contribution in [0.25, 0.3) is 39.2 Å². The van der Waals surface area contributed by atoms with Gasteiger partial charge < -0.3 is 20.1 Å². The predicted molar refractivity (Wildman–Crippen MR) is 173 cm³/mol. The minimum Gasteiger partial charge on any atom is -0.444 e. The second-order valence-corrected chi connectivity index (χ2v) is 13.6. The molecule has 1 amide bonds. The second-order valence-electron chi connectivity index (χ2n) is 13.6.